The van der Waals surface area contributed by atoms with E-state index in [4.69, 9.17) is 0 Å². The zero-order valence-corrected chi connectivity index (χ0v) is 17.7. The van der Waals surface area contributed by atoms with Crippen molar-refractivity contribution in [3.63, 3.8) is 0 Å². The Bertz CT molecular complexity index is 1040. The summed E-state index contributed by atoms with van der Waals surface area (Å²) in [7, 11) is 0. The first-order chi connectivity index (χ1) is 14.9. The first-order valence-corrected chi connectivity index (χ1v) is 11.1. The predicted molar refractivity (Wildman–Crippen MR) is 117 cm³/mol. The molecule has 162 valence electrons. The molecule has 0 unspecified atom stereocenters. The van der Waals surface area contributed by atoms with Gasteiger partial charge >= 0.3 is 0 Å². The Morgan fingerprint density at radius 2 is 1.94 bits per heavy atom. The zero-order chi connectivity index (χ0) is 21.6. The van der Waals surface area contributed by atoms with Gasteiger partial charge in [-0.25, -0.2) is 4.39 Å². The Morgan fingerprint density at radius 1 is 1.16 bits per heavy atom. The van der Waals surface area contributed by atoms with Crippen LogP contribution in [0.25, 0.3) is 0 Å². The molecular formula is C25H28FN3O2. The van der Waals surface area contributed by atoms with Gasteiger partial charge in [-0.15, -0.1) is 0 Å². The van der Waals surface area contributed by atoms with Crippen LogP contribution >= 0.6 is 0 Å². The van der Waals surface area contributed by atoms with Gasteiger partial charge in [0, 0.05) is 24.1 Å². The molecule has 6 heteroatoms. The number of para-hydroxylation sites is 1. The summed E-state index contributed by atoms with van der Waals surface area (Å²) >= 11 is 0. The van der Waals surface area contributed by atoms with E-state index in [9.17, 15) is 14.0 Å². The molecule has 2 amide bonds. The number of hydrogen-bond acceptors (Lipinski definition) is 3. The molecule has 3 saturated carbocycles. The third kappa shape index (κ3) is 3.38. The highest BCUT2D eigenvalue weighted by Crippen LogP contribution is 2.58. The topological polar surface area (TPSA) is 70.2 Å². The van der Waals surface area contributed by atoms with Gasteiger partial charge in [-0.2, -0.15) is 0 Å². The fourth-order valence-electron chi connectivity index (χ4n) is 6.00. The average Bonchev–Trinajstić information content (AvgIpc) is 2.74. The molecule has 2 aromatic carbocycles. The van der Waals surface area contributed by atoms with Gasteiger partial charge in [0.2, 0.25) is 5.91 Å². The van der Waals surface area contributed by atoms with Crippen LogP contribution in [-0.4, -0.2) is 24.0 Å². The third-order valence-electron chi connectivity index (χ3n) is 7.64. The number of anilines is 1. The van der Waals surface area contributed by atoms with Crippen LogP contribution in [0.15, 0.2) is 48.5 Å². The normalized spacial score (nSPS) is 31.0. The van der Waals surface area contributed by atoms with E-state index in [1.54, 1.807) is 12.1 Å². The van der Waals surface area contributed by atoms with Crippen molar-refractivity contribution in [3.8, 4) is 0 Å². The lowest BCUT2D eigenvalue weighted by Crippen LogP contribution is -2.70. The second-order valence-corrected chi connectivity index (χ2v) is 9.58. The quantitative estimate of drug-likeness (QED) is 0.702. The highest BCUT2D eigenvalue weighted by atomic mass is 19.1. The Hall–Kier alpha value is -2.89. The molecule has 4 aliphatic rings. The number of amides is 2. The minimum atomic E-state index is -0.498. The van der Waals surface area contributed by atoms with Crippen LogP contribution in [0.3, 0.4) is 0 Å². The number of hydrogen-bond donors (Lipinski definition) is 3. The molecule has 3 aliphatic carbocycles. The first kappa shape index (κ1) is 20.0. The van der Waals surface area contributed by atoms with E-state index < -0.39 is 5.66 Å². The lowest BCUT2D eigenvalue weighted by atomic mass is 9.51. The Morgan fingerprint density at radius 3 is 2.74 bits per heavy atom. The molecule has 0 radical (unpaired) electrons. The maximum Gasteiger partial charge on any atom is 0.255 e. The van der Waals surface area contributed by atoms with Crippen LogP contribution in [0.1, 0.15) is 48.5 Å². The highest BCUT2D eigenvalue weighted by Gasteiger charge is 2.60. The summed E-state index contributed by atoms with van der Waals surface area (Å²) in [6.45, 7) is 2.59. The Kier molecular flexibility index (Phi) is 4.76. The van der Waals surface area contributed by atoms with Gasteiger partial charge in [-0.05, 0) is 61.3 Å². The van der Waals surface area contributed by atoms with Gasteiger partial charge in [-0.3, -0.25) is 9.59 Å². The molecular weight excluding hydrogens is 393 g/mol. The van der Waals surface area contributed by atoms with Gasteiger partial charge in [-0.1, -0.05) is 37.3 Å². The monoisotopic (exact) mass is 421 g/mol. The largest absolute Gasteiger partial charge is 0.362 e. The van der Waals surface area contributed by atoms with Crippen molar-refractivity contribution in [2.45, 2.75) is 44.7 Å². The molecule has 5 nitrogen and oxygen atoms in total. The van der Waals surface area contributed by atoms with Crippen molar-refractivity contribution in [1.29, 1.82) is 0 Å². The number of rotatable bonds is 4. The van der Waals surface area contributed by atoms with Crippen LogP contribution < -0.4 is 16.0 Å². The molecule has 6 rings (SSSR count). The van der Waals surface area contributed by atoms with Gasteiger partial charge in [0.1, 0.15) is 11.5 Å². The van der Waals surface area contributed by atoms with Crippen molar-refractivity contribution in [2.24, 2.45) is 17.3 Å². The summed E-state index contributed by atoms with van der Waals surface area (Å²) in [4.78, 5) is 25.9. The van der Waals surface area contributed by atoms with Crippen molar-refractivity contribution in [1.82, 2.24) is 10.6 Å². The van der Waals surface area contributed by atoms with Gasteiger partial charge in [0.25, 0.3) is 5.91 Å². The third-order valence-corrected chi connectivity index (χ3v) is 7.64. The number of nitrogens with one attached hydrogen (secondary N) is 3. The molecule has 3 fully saturated rings. The average molecular weight is 422 g/mol. The fraction of sp³-hybridized carbons (Fsp3) is 0.440. The molecule has 0 aromatic heterocycles. The second-order valence-electron chi connectivity index (χ2n) is 9.58. The lowest BCUT2D eigenvalue weighted by molar-refractivity contribution is -0.139. The molecule has 2 aromatic rings. The number of benzene rings is 2. The summed E-state index contributed by atoms with van der Waals surface area (Å²) in [5.74, 6) is -0.151. The van der Waals surface area contributed by atoms with Crippen LogP contribution in [-0.2, 0) is 11.2 Å². The lowest BCUT2D eigenvalue weighted by Gasteiger charge is -2.60. The SMILES string of the molecule is C[C@]12CC[C@H](C[C@@H]1C(=O)NCCc1ccccc1F)[C@]1(C2)NC(=O)c2ccccc2N1. The van der Waals surface area contributed by atoms with E-state index in [1.165, 1.54) is 6.07 Å². The van der Waals surface area contributed by atoms with Gasteiger partial charge < -0.3 is 16.0 Å². The first-order valence-electron chi connectivity index (χ1n) is 11.1. The predicted octanol–water partition coefficient (Wildman–Crippen LogP) is 3.86. The zero-order valence-electron chi connectivity index (χ0n) is 17.7. The number of halogens is 1. The van der Waals surface area contributed by atoms with E-state index >= 15 is 0 Å². The van der Waals surface area contributed by atoms with Crippen LogP contribution in [0.5, 0.6) is 0 Å². The van der Waals surface area contributed by atoms with E-state index in [0.717, 1.165) is 31.4 Å². The number of fused-ring (bicyclic) bond motifs is 3. The van der Waals surface area contributed by atoms with Crippen LogP contribution in [0.4, 0.5) is 10.1 Å². The van der Waals surface area contributed by atoms with Crippen molar-refractivity contribution in [2.75, 3.05) is 11.9 Å². The Labute approximate surface area is 181 Å². The van der Waals surface area contributed by atoms with Crippen molar-refractivity contribution >= 4 is 17.5 Å². The highest BCUT2D eigenvalue weighted by molar-refractivity contribution is 6.02. The molecule has 0 saturated heterocycles. The number of carbonyl (C=O) groups excluding carboxylic acids is 2. The van der Waals surface area contributed by atoms with E-state index in [2.05, 4.69) is 22.9 Å². The smallest absolute Gasteiger partial charge is 0.255 e. The molecule has 4 atom stereocenters. The molecule has 1 spiro atoms. The molecule has 2 bridgehead atoms. The summed E-state index contributed by atoms with van der Waals surface area (Å²) < 4.78 is 13.8. The van der Waals surface area contributed by atoms with Crippen molar-refractivity contribution in [3.05, 3.63) is 65.5 Å². The summed E-state index contributed by atoms with van der Waals surface area (Å²) in [5.41, 5.74) is 1.45. The maximum absolute atomic E-state index is 13.8. The van der Waals surface area contributed by atoms with E-state index in [0.29, 0.717) is 24.1 Å². The van der Waals surface area contributed by atoms with E-state index in [-0.39, 0.29) is 34.9 Å². The molecule has 1 heterocycles. The Balaban J connectivity index is 1.29. The molecule has 31 heavy (non-hydrogen) atoms. The minimum Gasteiger partial charge on any atom is -0.362 e. The van der Waals surface area contributed by atoms with E-state index in [1.807, 2.05) is 30.3 Å². The summed E-state index contributed by atoms with van der Waals surface area (Å²) in [6, 6.07) is 14.3. The fourth-order valence-corrected chi connectivity index (χ4v) is 6.00. The van der Waals surface area contributed by atoms with Gasteiger partial charge in [0.05, 0.1) is 5.56 Å². The summed E-state index contributed by atoms with van der Waals surface area (Å²) in [5, 5.41) is 9.92. The number of carbonyl (C=O) groups is 2. The molecule has 1 aliphatic heterocycles. The standard InChI is InChI=1S/C25H28FN3O2/c1-24-12-10-17(25(15-24)28-21-9-5-3-7-18(21)22(30)29-25)14-19(24)23(31)27-13-11-16-6-2-4-8-20(16)26/h2-9,17,19,28H,10-15H2,1H3,(H,27,31)(H,29,30)/t17-,19-,24-,25+/m1/s1. The van der Waals surface area contributed by atoms with Gasteiger partial charge in [0.15, 0.2) is 0 Å². The summed E-state index contributed by atoms with van der Waals surface area (Å²) in [6.07, 6.45) is 3.87. The second kappa shape index (κ2) is 7.36. The van der Waals surface area contributed by atoms with Crippen LogP contribution in [0, 0.1) is 23.1 Å². The van der Waals surface area contributed by atoms with Crippen LogP contribution in [0.2, 0.25) is 0 Å². The maximum atomic E-state index is 13.8. The van der Waals surface area contributed by atoms with Crippen molar-refractivity contribution < 1.29 is 14.0 Å². The molecule has 3 N–H and O–H groups in total. The minimum absolute atomic E-state index is 0.0425.